The van der Waals surface area contributed by atoms with Crippen LogP contribution < -0.4 is 20.1 Å². The number of fused-ring (bicyclic) bond motifs is 1. The van der Waals surface area contributed by atoms with Crippen molar-refractivity contribution in [2.45, 2.75) is 12.6 Å². The molecule has 0 amide bonds. The first-order valence-corrected chi connectivity index (χ1v) is 8.61. The highest BCUT2D eigenvalue weighted by Gasteiger charge is 2.20. The van der Waals surface area contributed by atoms with Gasteiger partial charge in [0.1, 0.15) is 12.7 Å². The van der Waals surface area contributed by atoms with Crippen LogP contribution in [-0.2, 0) is 6.54 Å². The zero-order valence-electron chi connectivity index (χ0n) is 13.9. The molecule has 2 aromatic rings. The normalized spacial score (nSPS) is 15.9. The first-order chi connectivity index (χ1) is 11.7. The summed E-state index contributed by atoms with van der Waals surface area (Å²) in [6.07, 6.45) is -0.0499. The molecule has 134 valence electrons. The van der Waals surface area contributed by atoms with E-state index >= 15 is 0 Å². The molecule has 1 unspecified atom stereocenters. The molecule has 25 heavy (non-hydrogen) atoms. The fourth-order valence-corrected chi connectivity index (χ4v) is 2.65. The lowest BCUT2D eigenvalue weighted by molar-refractivity contribution is 0.0936. The Labute approximate surface area is 173 Å². The molecule has 0 spiro atoms. The van der Waals surface area contributed by atoms with Crippen LogP contribution in [0.5, 0.6) is 11.5 Å². The molecule has 1 atom stereocenters. The number of aliphatic imine (C=N–C) groups is 1. The number of nitrogens with zero attached hydrogens (tertiary/aromatic N) is 1. The van der Waals surface area contributed by atoms with Crippen LogP contribution in [-0.4, -0.2) is 32.3 Å². The average molecular weight is 518 g/mol. The highest BCUT2D eigenvalue weighted by atomic mass is 127. The van der Waals surface area contributed by atoms with Crippen molar-refractivity contribution >= 4 is 45.9 Å². The Hall–Kier alpha value is -1.48. The van der Waals surface area contributed by atoms with Gasteiger partial charge in [-0.2, -0.15) is 0 Å². The molecular weight excluding hydrogens is 497 g/mol. The largest absolute Gasteiger partial charge is 0.486 e. The fraction of sp³-hybridized carbons (Fsp3) is 0.278. The van der Waals surface area contributed by atoms with Crippen molar-refractivity contribution in [1.29, 1.82) is 0 Å². The third-order valence-corrected chi connectivity index (χ3v) is 4.19. The molecule has 0 radical (unpaired) electrons. The van der Waals surface area contributed by atoms with Crippen molar-refractivity contribution in [3.63, 3.8) is 0 Å². The molecule has 1 aliphatic rings. The molecule has 2 aromatic carbocycles. The first-order valence-electron chi connectivity index (χ1n) is 7.82. The van der Waals surface area contributed by atoms with Crippen LogP contribution in [0.25, 0.3) is 0 Å². The Morgan fingerprint density at radius 1 is 1.12 bits per heavy atom. The van der Waals surface area contributed by atoms with Crippen LogP contribution in [0.15, 0.2) is 58.0 Å². The number of hydrogen-bond acceptors (Lipinski definition) is 3. The highest BCUT2D eigenvalue weighted by molar-refractivity contribution is 14.0. The maximum atomic E-state index is 5.93. The molecule has 1 heterocycles. The monoisotopic (exact) mass is 517 g/mol. The van der Waals surface area contributed by atoms with E-state index in [0.717, 1.165) is 21.9 Å². The van der Waals surface area contributed by atoms with E-state index < -0.39 is 0 Å². The topological polar surface area (TPSA) is 54.9 Å². The third-order valence-electron chi connectivity index (χ3n) is 3.66. The van der Waals surface area contributed by atoms with Crippen LogP contribution in [0.4, 0.5) is 0 Å². The minimum atomic E-state index is -0.0499. The van der Waals surface area contributed by atoms with Gasteiger partial charge in [-0.15, -0.1) is 24.0 Å². The maximum Gasteiger partial charge on any atom is 0.191 e. The second-order valence-electron chi connectivity index (χ2n) is 5.43. The summed E-state index contributed by atoms with van der Waals surface area (Å²) >= 11 is 3.44. The summed E-state index contributed by atoms with van der Waals surface area (Å²) in [6.45, 7) is 1.85. The number of rotatable bonds is 4. The van der Waals surface area contributed by atoms with E-state index in [-0.39, 0.29) is 30.1 Å². The van der Waals surface area contributed by atoms with Crippen LogP contribution in [0.3, 0.4) is 0 Å². The minimum Gasteiger partial charge on any atom is -0.486 e. The van der Waals surface area contributed by atoms with Gasteiger partial charge < -0.3 is 20.1 Å². The summed E-state index contributed by atoms with van der Waals surface area (Å²) in [5.74, 6) is 2.32. The summed E-state index contributed by atoms with van der Waals surface area (Å²) in [4.78, 5) is 4.24. The van der Waals surface area contributed by atoms with Crippen molar-refractivity contribution in [3.05, 3.63) is 58.6 Å². The van der Waals surface area contributed by atoms with Crippen molar-refractivity contribution in [2.75, 3.05) is 20.2 Å². The summed E-state index contributed by atoms with van der Waals surface area (Å²) < 4.78 is 12.7. The van der Waals surface area contributed by atoms with Gasteiger partial charge in [0.05, 0.1) is 6.54 Å². The molecule has 0 fully saturated rings. The molecule has 0 saturated carbocycles. The number of benzene rings is 2. The standard InChI is InChI=1S/C18H20BrN3O2.HI/c1-20-18(21-10-13-6-8-14(19)9-7-13)22-11-15-12-23-16-4-2-3-5-17(16)24-15;/h2-9,15H,10-12H2,1H3,(H2,20,21,22);1H. The SMILES string of the molecule is CN=C(NCc1ccc(Br)cc1)NCC1COc2ccccc2O1.I. The Morgan fingerprint density at radius 2 is 1.84 bits per heavy atom. The fourth-order valence-electron chi connectivity index (χ4n) is 2.38. The predicted octanol–water partition coefficient (Wildman–Crippen LogP) is 3.57. The van der Waals surface area contributed by atoms with E-state index in [9.17, 15) is 0 Å². The number of nitrogens with one attached hydrogen (secondary N) is 2. The average Bonchev–Trinajstić information content (AvgIpc) is 2.63. The number of ether oxygens (including phenoxy) is 2. The van der Waals surface area contributed by atoms with E-state index in [1.807, 2.05) is 36.4 Å². The Kier molecular flexibility index (Phi) is 7.83. The summed E-state index contributed by atoms with van der Waals surface area (Å²) in [5, 5.41) is 6.57. The lowest BCUT2D eigenvalue weighted by Gasteiger charge is -2.27. The van der Waals surface area contributed by atoms with Crippen LogP contribution >= 0.6 is 39.9 Å². The lowest BCUT2D eigenvalue weighted by Crippen LogP contribution is -2.45. The van der Waals surface area contributed by atoms with Crippen LogP contribution in [0, 0.1) is 0 Å². The van der Waals surface area contributed by atoms with Gasteiger partial charge in [0, 0.05) is 18.1 Å². The van der Waals surface area contributed by atoms with Gasteiger partial charge in [0.2, 0.25) is 0 Å². The summed E-state index contributed by atoms with van der Waals surface area (Å²) in [5.41, 5.74) is 1.19. The second-order valence-corrected chi connectivity index (χ2v) is 6.35. The lowest BCUT2D eigenvalue weighted by atomic mass is 10.2. The number of halogens is 2. The van der Waals surface area contributed by atoms with Crippen molar-refractivity contribution in [1.82, 2.24) is 10.6 Å². The van der Waals surface area contributed by atoms with Gasteiger partial charge >= 0.3 is 0 Å². The maximum absolute atomic E-state index is 5.93. The van der Waals surface area contributed by atoms with Gasteiger partial charge in [-0.05, 0) is 29.8 Å². The van der Waals surface area contributed by atoms with Gasteiger partial charge in [-0.25, -0.2) is 0 Å². The molecular formula is C18H21BrIN3O2. The number of hydrogen-bond donors (Lipinski definition) is 2. The molecule has 0 aromatic heterocycles. The van der Waals surface area contributed by atoms with E-state index in [1.165, 1.54) is 5.56 Å². The number of guanidine groups is 1. The molecule has 1 aliphatic heterocycles. The zero-order chi connectivity index (χ0) is 16.8. The van der Waals surface area contributed by atoms with Crippen LogP contribution in [0.2, 0.25) is 0 Å². The molecule has 0 aliphatic carbocycles. The second kappa shape index (κ2) is 9.86. The smallest absolute Gasteiger partial charge is 0.191 e. The Bertz CT molecular complexity index is 710. The Morgan fingerprint density at radius 3 is 2.56 bits per heavy atom. The van der Waals surface area contributed by atoms with E-state index in [4.69, 9.17) is 9.47 Å². The molecule has 0 saturated heterocycles. The number of para-hydroxylation sites is 2. The molecule has 3 rings (SSSR count). The van der Waals surface area contributed by atoms with Crippen molar-refractivity contribution < 1.29 is 9.47 Å². The Balaban J connectivity index is 0.00000225. The molecule has 0 bridgehead atoms. The van der Waals surface area contributed by atoms with Gasteiger partial charge in [0.25, 0.3) is 0 Å². The van der Waals surface area contributed by atoms with Crippen molar-refractivity contribution in [2.24, 2.45) is 4.99 Å². The van der Waals surface area contributed by atoms with Gasteiger partial charge in [-0.3, -0.25) is 4.99 Å². The summed E-state index contributed by atoms with van der Waals surface area (Å²) in [7, 11) is 1.75. The van der Waals surface area contributed by atoms with Gasteiger partial charge in [-0.1, -0.05) is 40.2 Å². The quantitative estimate of drug-likeness (QED) is 0.370. The third kappa shape index (κ3) is 5.78. The van der Waals surface area contributed by atoms with E-state index in [2.05, 4.69) is 43.7 Å². The zero-order valence-corrected chi connectivity index (χ0v) is 17.8. The van der Waals surface area contributed by atoms with Gasteiger partial charge in [0.15, 0.2) is 17.5 Å². The molecule has 2 N–H and O–H groups in total. The predicted molar refractivity (Wildman–Crippen MR) is 114 cm³/mol. The first kappa shape index (κ1) is 19.8. The van der Waals surface area contributed by atoms with Crippen molar-refractivity contribution in [3.8, 4) is 11.5 Å². The van der Waals surface area contributed by atoms with E-state index in [0.29, 0.717) is 19.7 Å². The minimum absolute atomic E-state index is 0. The highest BCUT2D eigenvalue weighted by Crippen LogP contribution is 2.30. The molecule has 5 nitrogen and oxygen atoms in total. The molecule has 7 heteroatoms. The van der Waals surface area contributed by atoms with E-state index in [1.54, 1.807) is 7.05 Å². The summed E-state index contributed by atoms with van der Waals surface area (Å²) in [6, 6.07) is 15.9. The van der Waals surface area contributed by atoms with Crippen LogP contribution in [0.1, 0.15) is 5.56 Å².